The van der Waals surface area contributed by atoms with Crippen molar-refractivity contribution in [1.29, 1.82) is 0 Å². The van der Waals surface area contributed by atoms with Gasteiger partial charge in [0.05, 0.1) is 6.67 Å². The number of hydrogen-bond acceptors (Lipinski definition) is 3. The Morgan fingerprint density at radius 3 is 2.54 bits per heavy atom. The zero-order valence-electron chi connectivity index (χ0n) is 8.45. The molecule has 3 heteroatoms. The van der Waals surface area contributed by atoms with Gasteiger partial charge in [0.25, 0.3) is 0 Å². The van der Waals surface area contributed by atoms with E-state index >= 15 is 0 Å². The molecule has 1 aliphatic heterocycles. The van der Waals surface area contributed by atoms with Crippen LogP contribution in [0, 0.1) is 0 Å². The van der Waals surface area contributed by atoms with E-state index in [4.69, 9.17) is 5.11 Å². The standard InChI is InChI=1S/C10H20N2O/c1-11-7-8-12(10-11)6-4-2-3-5-9-13/h7-8,13H,2-6,9-10H2,1H3. The maximum Gasteiger partial charge on any atom is 0.0890 e. The highest BCUT2D eigenvalue weighted by Gasteiger charge is 2.06. The molecule has 0 radical (unpaired) electrons. The third-order valence-electron chi connectivity index (χ3n) is 2.29. The lowest BCUT2D eigenvalue weighted by Gasteiger charge is -2.17. The number of aliphatic hydroxyl groups excluding tert-OH is 1. The molecule has 0 bridgehead atoms. The fourth-order valence-electron chi connectivity index (χ4n) is 1.51. The van der Waals surface area contributed by atoms with E-state index in [1.54, 1.807) is 0 Å². The molecule has 76 valence electrons. The predicted molar refractivity (Wildman–Crippen MR) is 54.0 cm³/mol. The molecular weight excluding hydrogens is 164 g/mol. The second-order valence-corrected chi connectivity index (χ2v) is 3.65. The van der Waals surface area contributed by atoms with Gasteiger partial charge in [0.1, 0.15) is 0 Å². The molecular formula is C10H20N2O. The Kier molecular flexibility index (Phi) is 4.68. The summed E-state index contributed by atoms with van der Waals surface area (Å²) in [4.78, 5) is 4.49. The van der Waals surface area contributed by atoms with Crippen molar-refractivity contribution in [3.63, 3.8) is 0 Å². The maximum absolute atomic E-state index is 8.58. The Balaban J connectivity index is 1.92. The van der Waals surface area contributed by atoms with Crippen molar-refractivity contribution in [1.82, 2.24) is 9.80 Å². The minimum absolute atomic E-state index is 0.340. The van der Waals surface area contributed by atoms with Gasteiger partial charge in [-0.1, -0.05) is 12.8 Å². The molecule has 1 aliphatic rings. The van der Waals surface area contributed by atoms with Gasteiger partial charge in [-0.25, -0.2) is 0 Å². The second kappa shape index (κ2) is 5.86. The number of hydrogen-bond donors (Lipinski definition) is 1. The Bertz CT molecular complexity index is 159. The third-order valence-corrected chi connectivity index (χ3v) is 2.29. The Morgan fingerprint density at radius 2 is 1.92 bits per heavy atom. The molecule has 0 fully saturated rings. The lowest BCUT2D eigenvalue weighted by Crippen LogP contribution is -2.23. The van der Waals surface area contributed by atoms with Crippen molar-refractivity contribution in [2.75, 3.05) is 26.9 Å². The predicted octanol–water partition coefficient (Wildman–Crippen LogP) is 1.22. The topological polar surface area (TPSA) is 26.7 Å². The van der Waals surface area contributed by atoms with Crippen LogP contribution in [0.25, 0.3) is 0 Å². The Hall–Kier alpha value is -0.700. The first-order chi connectivity index (χ1) is 6.33. The maximum atomic E-state index is 8.58. The number of rotatable bonds is 6. The molecule has 13 heavy (non-hydrogen) atoms. The molecule has 0 unspecified atom stereocenters. The summed E-state index contributed by atoms with van der Waals surface area (Å²) in [6.07, 6.45) is 8.83. The molecule has 1 heterocycles. The van der Waals surface area contributed by atoms with Crippen LogP contribution in [-0.4, -0.2) is 41.8 Å². The minimum Gasteiger partial charge on any atom is -0.396 e. The van der Waals surface area contributed by atoms with Crippen LogP contribution >= 0.6 is 0 Å². The number of unbranched alkanes of at least 4 members (excludes halogenated alkanes) is 3. The highest BCUT2D eigenvalue weighted by molar-refractivity contribution is 4.88. The molecule has 0 aliphatic carbocycles. The summed E-state index contributed by atoms with van der Waals surface area (Å²) in [7, 11) is 2.09. The van der Waals surface area contributed by atoms with Crippen molar-refractivity contribution in [3.8, 4) is 0 Å². The van der Waals surface area contributed by atoms with Crippen molar-refractivity contribution in [2.24, 2.45) is 0 Å². The third kappa shape index (κ3) is 4.18. The molecule has 0 amide bonds. The molecule has 0 aromatic rings. The summed E-state index contributed by atoms with van der Waals surface area (Å²) in [6, 6.07) is 0. The van der Waals surface area contributed by atoms with Crippen LogP contribution in [0.15, 0.2) is 12.4 Å². The van der Waals surface area contributed by atoms with Gasteiger partial charge in [0.2, 0.25) is 0 Å². The molecule has 0 spiro atoms. The number of aliphatic hydroxyl groups is 1. The summed E-state index contributed by atoms with van der Waals surface area (Å²) in [6.45, 7) is 2.51. The summed E-state index contributed by atoms with van der Waals surface area (Å²) in [5.41, 5.74) is 0. The molecule has 0 saturated heterocycles. The van der Waals surface area contributed by atoms with Crippen molar-refractivity contribution in [3.05, 3.63) is 12.4 Å². The van der Waals surface area contributed by atoms with E-state index in [1.165, 1.54) is 12.8 Å². The monoisotopic (exact) mass is 184 g/mol. The van der Waals surface area contributed by atoms with Crippen LogP contribution in [0.5, 0.6) is 0 Å². The van der Waals surface area contributed by atoms with Gasteiger partial charge in [0, 0.05) is 32.6 Å². The first-order valence-electron chi connectivity index (χ1n) is 5.06. The fraction of sp³-hybridized carbons (Fsp3) is 0.800. The Labute approximate surface area is 80.6 Å². The molecule has 0 saturated carbocycles. The smallest absolute Gasteiger partial charge is 0.0890 e. The van der Waals surface area contributed by atoms with Gasteiger partial charge >= 0.3 is 0 Å². The van der Waals surface area contributed by atoms with Crippen molar-refractivity contribution >= 4 is 0 Å². The van der Waals surface area contributed by atoms with E-state index < -0.39 is 0 Å². The summed E-state index contributed by atoms with van der Waals surface area (Å²) < 4.78 is 0. The highest BCUT2D eigenvalue weighted by Crippen LogP contribution is 2.06. The first kappa shape index (κ1) is 10.4. The van der Waals surface area contributed by atoms with Gasteiger partial charge in [-0.05, 0) is 12.8 Å². The van der Waals surface area contributed by atoms with Crippen LogP contribution in [0.3, 0.4) is 0 Å². The molecule has 0 aromatic heterocycles. The van der Waals surface area contributed by atoms with E-state index in [2.05, 4.69) is 29.2 Å². The van der Waals surface area contributed by atoms with Crippen LogP contribution in [0.1, 0.15) is 25.7 Å². The van der Waals surface area contributed by atoms with Crippen LogP contribution < -0.4 is 0 Å². The zero-order valence-corrected chi connectivity index (χ0v) is 8.45. The van der Waals surface area contributed by atoms with Gasteiger partial charge < -0.3 is 14.9 Å². The van der Waals surface area contributed by atoms with Crippen LogP contribution in [-0.2, 0) is 0 Å². The van der Waals surface area contributed by atoms with Crippen molar-refractivity contribution in [2.45, 2.75) is 25.7 Å². The minimum atomic E-state index is 0.340. The lowest BCUT2D eigenvalue weighted by atomic mass is 10.2. The van der Waals surface area contributed by atoms with Gasteiger partial charge in [-0.15, -0.1) is 0 Å². The van der Waals surface area contributed by atoms with Crippen molar-refractivity contribution < 1.29 is 5.11 Å². The average molecular weight is 184 g/mol. The zero-order chi connectivity index (χ0) is 9.52. The van der Waals surface area contributed by atoms with Crippen LogP contribution in [0.2, 0.25) is 0 Å². The molecule has 0 atom stereocenters. The van der Waals surface area contributed by atoms with E-state index in [9.17, 15) is 0 Å². The van der Waals surface area contributed by atoms with Gasteiger partial charge in [0.15, 0.2) is 0 Å². The van der Waals surface area contributed by atoms with E-state index in [-0.39, 0.29) is 0 Å². The quantitative estimate of drug-likeness (QED) is 0.629. The van der Waals surface area contributed by atoms with Gasteiger partial charge in [-0.3, -0.25) is 0 Å². The largest absolute Gasteiger partial charge is 0.396 e. The number of nitrogens with zero attached hydrogens (tertiary/aromatic N) is 2. The fourth-order valence-corrected chi connectivity index (χ4v) is 1.51. The van der Waals surface area contributed by atoms with E-state index in [0.717, 1.165) is 26.1 Å². The highest BCUT2D eigenvalue weighted by atomic mass is 16.2. The molecule has 1 N–H and O–H groups in total. The van der Waals surface area contributed by atoms with Gasteiger partial charge in [-0.2, -0.15) is 0 Å². The average Bonchev–Trinajstić information content (AvgIpc) is 2.51. The van der Waals surface area contributed by atoms with Crippen LogP contribution in [0.4, 0.5) is 0 Å². The first-order valence-corrected chi connectivity index (χ1v) is 5.06. The summed E-state index contributed by atoms with van der Waals surface area (Å²) in [5, 5.41) is 8.58. The summed E-state index contributed by atoms with van der Waals surface area (Å²) in [5.74, 6) is 0. The summed E-state index contributed by atoms with van der Waals surface area (Å²) >= 11 is 0. The van der Waals surface area contributed by atoms with E-state index in [1.807, 2.05) is 0 Å². The SMILES string of the molecule is CN1C=CN(CCCCCCO)C1. The van der Waals surface area contributed by atoms with E-state index in [0.29, 0.717) is 6.61 Å². The Morgan fingerprint density at radius 1 is 1.15 bits per heavy atom. The molecule has 3 nitrogen and oxygen atoms in total. The molecule has 0 aromatic carbocycles. The normalized spacial score (nSPS) is 15.8. The second-order valence-electron chi connectivity index (χ2n) is 3.65. The lowest BCUT2D eigenvalue weighted by molar-refractivity contribution is 0.273. The molecule has 1 rings (SSSR count).